The molecule has 3 rings (SSSR count). The van der Waals surface area contributed by atoms with Crippen molar-refractivity contribution in [1.29, 1.82) is 5.26 Å². The van der Waals surface area contributed by atoms with Gasteiger partial charge in [-0.25, -0.2) is 0 Å². The second-order valence-corrected chi connectivity index (χ2v) is 5.68. The van der Waals surface area contributed by atoms with E-state index in [9.17, 15) is 5.26 Å². The van der Waals surface area contributed by atoms with E-state index in [1.807, 2.05) is 42.2 Å². The monoisotopic (exact) mass is 280 g/mol. The van der Waals surface area contributed by atoms with Crippen molar-refractivity contribution >= 4 is 0 Å². The third-order valence-electron chi connectivity index (χ3n) is 4.12. The normalized spacial score (nSPS) is 17.1. The molecule has 1 aliphatic rings. The smallest absolute Gasteiger partial charge is 0.129 e. The summed E-state index contributed by atoms with van der Waals surface area (Å²) < 4.78 is 1.90. The van der Waals surface area contributed by atoms with Gasteiger partial charge in [0.05, 0.1) is 18.8 Å². The van der Waals surface area contributed by atoms with Gasteiger partial charge in [-0.3, -0.25) is 10.00 Å². The Hall–Kier alpha value is -2.12. The van der Waals surface area contributed by atoms with Crippen LogP contribution >= 0.6 is 0 Å². The Morgan fingerprint density at radius 1 is 1.33 bits per heavy atom. The lowest BCUT2D eigenvalue weighted by molar-refractivity contribution is 0.311. The van der Waals surface area contributed by atoms with Gasteiger partial charge in [-0.15, -0.1) is 0 Å². The molecule has 1 unspecified atom stereocenters. The minimum Gasteiger partial charge on any atom is -0.298 e. The maximum Gasteiger partial charge on any atom is 0.129 e. The molecule has 108 valence electrons. The molecule has 0 aliphatic heterocycles. The van der Waals surface area contributed by atoms with Crippen molar-refractivity contribution in [3.8, 4) is 17.2 Å². The zero-order chi connectivity index (χ0) is 14.7. The summed E-state index contributed by atoms with van der Waals surface area (Å²) in [6.45, 7) is 3.46. The van der Waals surface area contributed by atoms with Crippen molar-refractivity contribution in [2.45, 2.75) is 31.8 Å². The lowest BCUT2D eigenvalue weighted by atomic mass is 9.95. The zero-order valence-electron chi connectivity index (χ0n) is 12.3. The van der Waals surface area contributed by atoms with Crippen LogP contribution in [0.5, 0.6) is 0 Å². The van der Waals surface area contributed by atoms with Gasteiger partial charge in [-0.1, -0.05) is 37.3 Å². The molecule has 1 atom stereocenters. The van der Waals surface area contributed by atoms with Gasteiger partial charge in [0.2, 0.25) is 0 Å². The maximum atomic E-state index is 9.65. The van der Waals surface area contributed by atoms with Crippen LogP contribution < -0.4 is 5.32 Å². The van der Waals surface area contributed by atoms with Crippen LogP contribution in [0.2, 0.25) is 0 Å². The first-order chi connectivity index (χ1) is 10.3. The van der Waals surface area contributed by atoms with Crippen LogP contribution in [-0.4, -0.2) is 21.9 Å². The summed E-state index contributed by atoms with van der Waals surface area (Å²) in [5, 5.41) is 17.5. The number of hydrogen-bond acceptors (Lipinski definition) is 3. The molecule has 1 saturated carbocycles. The Morgan fingerprint density at radius 2 is 2.10 bits per heavy atom. The van der Waals surface area contributed by atoms with Crippen molar-refractivity contribution in [1.82, 2.24) is 15.1 Å². The van der Waals surface area contributed by atoms with Crippen molar-refractivity contribution in [2.24, 2.45) is 5.92 Å². The van der Waals surface area contributed by atoms with E-state index in [1.54, 1.807) is 0 Å². The molecule has 4 heteroatoms. The summed E-state index contributed by atoms with van der Waals surface area (Å²) in [5.74, 6) is 0.451. The van der Waals surface area contributed by atoms with E-state index in [2.05, 4.69) is 28.6 Å². The first-order valence-electron chi connectivity index (χ1n) is 7.51. The molecule has 4 nitrogen and oxygen atoms in total. The molecule has 0 radical (unpaired) electrons. The van der Waals surface area contributed by atoms with E-state index in [0.717, 1.165) is 30.5 Å². The molecular weight excluding hydrogens is 260 g/mol. The Kier molecular flexibility index (Phi) is 3.76. The highest BCUT2D eigenvalue weighted by Crippen LogP contribution is 2.40. The first-order valence-corrected chi connectivity index (χ1v) is 7.51. The summed E-state index contributed by atoms with van der Waals surface area (Å²) in [4.78, 5) is 0. The molecule has 0 bridgehead atoms. The topological polar surface area (TPSA) is 53.6 Å². The second-order valence-electron chi connectivity index (χ2n) is 5.68. The van der Waals surface area contributed by atoms with Gasteiger partial charge in [0.1, 0.15) is 5.54 Å². The fourth-order valence-corrected chi connectivity index (χ4v) is 2.87. The molecule has 1 aromatic heterocycles. The number of nitrogens with one attached hydrogen (secondary N) is 1. The van der Waals surface area contributed by atoms with Gasteiger partial charge in [-0.2, -0.15) is 10.4 Å². The summed E-state index contributed by atoms with van der Waals surface area (Å²) in [6, 6.07) is 12.7. The predicted octanol–water partition coefficient (Wildman–Crippen LogP) is 2.83. The number of hydrogen-bond donors (Lipinski definition) is 1. The van der Waals surface area contributed by atoms with Crippen LogP contribution in [0.15, 0.2) is 42.7 Å². The number of nitriles is 1. The van der Waals surface area contributed by atoms with E-state index in [1.165, 1.54) is 0 Å². The fraction of sp³-hybridized carbons (Fsp3) is 0.412. The summed E-state index contributed by atoms with van der Waals surface area (Å²) in [5.41, 5.74) is 1.77. The summed E-state index contributed by atoms with van der Waals surface area (Å²) in [7, 11) is 0. The van der Waals surface area contributed by atoms with E-state index >= 15 is 0 Å². The highest BCUT2D eigenvalue weighted by molar-refractivity contribution is 5.61. The van der Waals surface area contributed by atoms with Crippen molar-refractivity contribution in [3.63, 3.8) is 0 Å². The fourth-order valence-electron chi connectivity index (χ4n) is 2.87. The number of benzene rings is 1. The summed E-state index contributed by atoms with van der Waals surface area (Å²) >= 11 is 0. The van der Waals surface area contributed by atoms with E-state index in [4.69, 9.17) is 0 Å². The molecule has 1 fully saturated rings. The van der Waals surface area contributed by atoms with Crippen LogP contribution in [0.1, 0.15) is 19.8 Å². The Labute approximate surface area is 125 Å². The molecule has 1 heterocycles. The van der Waals surface area contributed by atoms with Crippen molar-refractivity contribution in [2.75, 3.05) is 6.54 Å². The second kappa shape index (κ2) is 5.71. The van der Waals surface area contributed by atoms with Gasteiger partial charge in [-0.05, 0) is 30.9 Å². The lowest BCUT2D eigenvalue weighted by Crippen LogP contribution is -2.49. The SMILES string of the molecule is CCNC(C#N)(Cn1cc(-c2ccccc2)cn1)C1CC1. The van der Waals surface area contributed by atoms with Gasteiger partial charge < -0.3 is 0 Å². The predicted molar refractivity (Wildman–Crippen MR) is 82.4 cm³/mol. The van der Waals surface area contributed by atoms with Crippen LogP contribution in [-0.2, 0) is 6.54 Å². The standard InChI is InChI=1S/C17H20N4/c1-2-19-17(12-18,16-8-9-16)13-21-11-15(10-20-21)14-6-4-3-5-7-14/h3-7,10-11,16,19H,2,8-9,13H2,1H3. The molecule has 0 spiro atoms. The minimum absolute atomic E-state index is 0.451. The number of nitrogens with zero attached hydrogens (tertiary/aromatic N) is 3. The van der Waals surface area contributed by atoms with Crippen LogP contribution in [0.3, 0.4) is 0 Å². The molecule has 21 heavy (non-hydrogen) atoms. The molecule has 0 saturated heterocycles. The van der Waals surface area contributed by atoms with Crippen LogP contribution in [0.25, 0.3) is 11.1 Å². The number of aromatic nitrogens is 2. The van der Waals surface area contributed by atoms with Gasteiger partial charge in [0.25, 0.3) is 0 Å². The average Bonchev–Trinajstić information content (AvgIpc) is 3.28. The third kappa shape index (κ3) is 2.84. The Morgan fingerprint density at radius 3 is 2.71 bits per heavy atom. The lowest BCUT2D eigenvalue weighted by Gasteiger charge is -2.27. The highest BCUT2D eigenvalue weighted by Gasteiger charge is 2.45. The van der Waals surface area contributed by atoms with Gasteiger partial charge in [0.15, 0.2) is 0 Å². The molecule has 1 aromatic carbocycles. The Balaban J connectivity index is 1.82. The van der Waals surface area contributed by atoms with Gasteiger partial charge >= 0.3 is 0 Å². The van der Waals surface area contributed by atoms with Crippen molar-refractivity contribution in [3.05, 3.63) is 42.7 Å². The quantitative estimate of drug-likeness (QED) is 0.885. The molecular formula is C17H20N4. The highest BCUT2D eigenvalue weighted by atomic mass is 15.3. The zero-order valence-corrected chi connectivity index (χ0v) is 12.3. The molecule has 2 aromatic rings. The van der Waals surface area contributed by atoms with Gasteiger partial charge in [0, 0.05) is 11.8 Å². The molecule has 1 N–H and O–H groups in total. The number of likely N-dealkylation sites (N-methyl/N-ethyl adjacent to an activating group) is 1. The van der Waals surface area contributed by atoms with Crippen LogP contribution in [0, 0.1) is 17.2 Å². The maximum absolute atomic E-state index is 9.65. The first kappa shape index (κ1) is 13.8. The van der Waals surface area contributed by atoms with E-state index < -0.39 is 5.54 Å². The third-order valence-corrected chi connectivity index (χ3v) is 4.12. The van der Waals surface area contributed by atoms with Crippen LogP contribution in [0.4, 0.5) is 0 Å². The molecule has 0 amide bonds. The van der Waals surface area contributed by atoms with E-state index in [0.29, 0.717) is 12.5 Å². The Bertz CT molecular complexity index is 636. The number of rotatable bonds is 6. The minimum atomic E-state index is -0.477. The average molecular weight is 280 g/mol. The van der Waals surface area contributed by atoms with Crippen molar-refractivity contribution < 1.29 is 0 Å². The van der Waals surface area contributed by atoms with E-state index in [-0.39, 0.29) is 0 Å². The largest absolute Gasteiger partial charge is 0.298 e. The molecule has 1 aliphatic carbocycles. The summed E-state index contributed by atoms with van der Waals surface area (Å²) in [6.07, 6.45) is 6.16.